The number of anilines is 2. The monoisotopic (exact) mass is 410 g/mol. The molecule has 0 aliphatic carbocycles. The molecule has 8 nitrogen and oxygen atoms in total. The minimum absolute atomic E-state index is 0.0330. The largest absolute Gasteiger partial charge is 0.396 e. The minimum Gasteiger partial charge on any atom is -0.396 e. The first-order chi connectivity index (χ1) is 14.6. The second kappa shape index (κ2) is 9.00. The number of nitrogens with one attached hydrogen (secondary N) is 2. The van der Waals surface area contributed by atoms with Crippen LogP contribution >= 0.6 is 0 Å². The second-order valence-electron chi connectivity index (χ2n) is 7.30. The summed E-state index contributed by atoms with van der Waals surface area (Å²) in [6.45, 7) is 1.18. The molecule has 1 aromatic carbocycles. The third-order valence-corrected chi connectivity index (χ3v) is 5.09. The number of benzene rings is 1. The van der Waals surface area contributed by atoms with Gasteiger partial charge in [0.1, 0.15) is 5.82 Å². The summed E-state index contributed by atoms with van der Waals surface area (Å²) in [6, 6.07) is 6.48. The highest BCUT2D eigenvalue weighted by molar-refractivity contribution is 5.95. The van der Waals surface area contributed by atoms with Crippen molar-refractivity contribution in [2.75, 3.05) is 17.2 Å². The van der Waals surface area contributed by atoms with Crippen molar-refractivity contribution in [3.63, 3.8) is 0 Å². The van der Waals surface area contributed by atoms with Crippen molar-refractivity contribution >= 4 is 17.5 Å². The summed E-state index contributed by atoms with van der Waals surface area (Å²) in [6.07, 6.45) is 7.00. The van der Waals surface area contributed by atoms with E-state index in [2.05, 4.69) is 25.7 Å². The number of halogens is 1. The van der Waals surface area contributed by atoms with E-state index in [0.717, 1.165) is 23.2 Å². The van der Waals surface area contributed by atoms with Crippen molar-refractivity contribution in [1.82, 2.24) is 19.7 Å². The van der Waals surface area contributed by atoms with Gasteiger partial charge in [-0.15, -0.1) is 0 Å². The number of amides is 1. The van der Waals surface area contributed by atoms with Crippen LogP contribution in [-0.2, 0) is 30.7 Å². The van der Waals surface area contributed by atoms with E-state index in [1.165, 1.54) is 12.1 Å². The Labute approximate surface area is 173 Å². The molecule has 0 spiro atoms. The average Bonchev–Trinajstić information content (AvgIpc) is 3.20. The fourth-order valence-electron chi connectivity index (χ4n) is 3.41. The number of hydrogen-bond donors (Lipinski definition) is 3. The molecule has 30 heavy (non-hydrogen) atoms. The van der Waals surface area contributed by atoms with E-state index >= 15 is 0 Å². The molecular formula is C21H23FN6O2. The average molecular weight is 410 g/mol. The lowest BCUT2D eigenvalue weighted by Crippen LogP contribution is -2.31. The van der Waals surface area contributed by atoms with Gasteiger partial charge in [0.25, 0.3) is 0 Å². The van der Waals surface area contributed by atoms with Crippen molar-refractivity contribution in [3.8, 4) is 0 Å². The molecule has 1 amide bonds. The fraction of sp³-hybridized carbons (Fsp3) is 0.333. The Morgan fingerprint density at radius 2 is 2.07 bits per heavy atom. The molecule has 9 heteroatoms. The molecular weight excluding hydrogens is 387 g/mol. The van der Waals surface area contributed by atoms with Gasteiger partial charge in [0.2, 0.25) is 11.9 Å². The van der Waals surface area contributed by atoms with Crippen molar-refractivity contribution in [1.29, 1.82) is 0 Å². The van der Waals surface area contributed by atoms with Gasteiger partial charge in [-0.3, -0.25) is 9.48 Å². The Morgan fingerprint density at radius 1 is 1.23 bits per heavy atom. The lowest BCUT2D eigenvalue weighted by Gasteiger charge is -2.23. The van der Waals surface area contributed by atoms with Gasteiger partial charge in [0.05, 0.1) is 23.8 Å². The number of aryl methyl sites for hydroxylation is 2. The van der Waals surface area contributed by atoms with Crippen LogP contribution in [0.1, 0.15) is 23.2 Å². The van der Waals surface area contributed by atoms with E-state index < -0.39 is 0 Å². The normalized spacial score (nSPS) is 15.5. The van der Waals surface area contributed by atoms with Crippen LogP contribution in [0.5, 0.6) is 0 Å². The summed E-state index contributed by atoms with van der Waals surface area (Å²) < 4.78 is 14.8. The zero-order valence-corrected chi connectivity index (χ0v) is 16.4. The van der Waals surface area contributed by atoms with Gasteiger partial charge in [0, 0.05) is 43.8 Å². The van der Waals surface area contributed by atoms with Crippen molar-refractivity contribution < 1.29 is 14.3 Å². The number of aliphatic hydroxyl groups excluding tert-OH is 1. The molecule has 3 heterocycles. The molecule has 0 fully saturated rings. The Balaban J connectivity index is 1.32. The predicted octanol–water partition coefficient (Wildman–Crippen LogP) is 2.16. The smallest absolute Gasteiger partial charge is 0.228 e. The van der Waals surface area contributed by atoms with E-state index in [4.69, 9.17) is 5.11 Å². The molecule has 0 radical (unpaired) electrons. The standard InChI is InChI=1S/C21H23FN6O2/c22-17-3-1-14(2-4-17)5-7-28-13-15(11-25-28)10-23-21-24-12-19-18(27-21)9-16(6-8-29)20(30)26-19/h1-4,11-13,16,29H,5-10H2,(H,26,30)(H,23,24,27)/t16-/m1/s1. The predicted molar refractivity (Wildman–Crippen MR) is 109 cm³/mol. The van der Waals surface area contributed by atoms with E-state index in [9.17, 15) is 9.18 Å². The molecule has 1 atom stereocenters. The van der Waals surface area contributed by atoms with Crippen LogP contribution in [0.3, 0.4) is 0 Å². The van der Waals surface area contributed by atoms with Gasteiger partial charge >= 0.3 is 0 Å². The quantitative estimate of drug-likeness (QED) is 0.526. The summed E-state index contributed by atoms with van der Waals surface area (Å²) >= 11 is 0. The zero-order valence-electron chi connectivity index (χ0n) is 16.4. The van der Waals surface area contributed by atoms with E-state index in [1.807, 2.05) is 10.9 Å². The first-order valence-corrected chi connectivity index (χ1v) is 9.88. The van der Waals surface area contributed by atoms with E-state index in [0.29, 0.717) is 37.6 Å². The second-order valence-corrected chi connectivity index (χ2v) is 7.30. The summed E-state index contributed by atoms with van der Waals surface area (Å²) in [4.78, 5) is 20.8. The third kappa shape index (κ3) is 4.80. The maximum Gasteiger partial charge on any atom is 0.228 e. The van der Waals surface area contributed by atoms with Crippen LogP contribution in [0.15, 0.2) is 42.9 Å². The van der Waals surface area contributed by atoms with Crippen molar-refractivity contribution in [3.05, 3.63) is 65.5 Å². The van der Waals surface area contributed by atoms with Crippen LogP contribution < -0.4 is 10.6 Å². The highest BCUT2D eigenvalue weighted by Gasteiger charge is 2.27. The first kappa shape index (κ1) is 20.0. The molecule has 2 aromatic heterocycles. The van der Waals surface area contributed by atoms with Crippen LogP contribution in [-0.4, -0.2) is 37.4 Å². The molecule has 156 valence electrons. The van der Waals surface area contributed by atoms with Crippen LogP contribution in [0, 0.1) is 11.7 Å². The number of hydrogen-bond acceptors (Lipinski definition) is 6. The fourth-order valence-corrected chi connectivity index (χ4v) is 3.41. The van der Waals surface area contributed by atoms with E-state index in [-0.39, 0.29) is 24.2 Å². The van der Waals surface area contributed by atoms with Crippen molar-refractivity contribution in [2.45, 2.75) is 32.4 Å². The number of carbonyl (C=O) groups excluding carboxylic acids is 1. The zero-order chi connectivity index (χ0) is 20.9. The van der Waals surface area contributed by atoms with Crippen LogP contribution in [0.4, 0.5) is 16.0 Å². The van der Waals surface area contributed by atoms with Crippen LogP contribution in [0.25, 0.3) is 0 Å². The van der Waals surface area contributed by atoms with Gasteiger partial charge in [-0.2, -0.15) is 5.10 Å². The number of aliphatic hydroxyl groups is 1. The molecule has 0 saturated carbocycles. The van der Waals surface area contributed by atoms with Gasteiger partial charge in [-0.1, -0.05) is 12.1 Å². The SMILES string of the molecule is O=C1Nc2cnc(NCc3cnn(CCc4ccc(F)cc4)c3)nc2C[C@H]1CCO. The Kier molecular flexibility index (Phi) is 5.99. The number of rotatable bonds is 8. The maximum absolute atomic E-state index is 13.0. The number of carbonyl (C=O) groups is 1. The highest BCUT2D eigenvalue weighted by atomic mass is 19.1. The van der Waals surface area contributed by atoms with E-state index in [1.54, 1.807) is 24.5 Å². The molecule has 0 saturated heterocycles. The van der Waals surface area contributed by atoms with Gasteiger partial charge in [-0.05, 0) is 30.5 Å². The molecule has 3 aromatic rings. The number of fused-ring (bicyclic) bond motifs is 1. The van der Waals surface area contributed by atoms with Crippen LogP contribution in [0.2, 0.25) is 0 Å². The molecule has 3 N–H and O–H groups in total. The number of nitrogens with zero attached hydrogens (tertiary/aromatic N) is 4. The molecule has 0 unspecified atom stereocenters. The molecule has 4 rings (SSSR count). The lowest BCUT2D eigenvalue weighted by molar-refractivity contribution is -0.120. The number of aromatic nitrogens is 4. The van der Waals surface area contributed by atoms with Gasteiger partial charge < -0.3 is 15.7 Å². The molecule has 1 aliphatic rings. The Hall–Kier alpha value is -3.33. The Morgan fingerprint density at radius 3 is 2.87 bits per heavy atom. The summed E-state index contributed by atoms with van der Waals surface area (Å²) in [5, 5.41) is 19.5. The topological polar surface area (TPSA) is 105 Å². The summed E-state index contributed by atoms with van der Waals surface area (Å²) in [5.74, 6) is -0.132. The van der Waals surface area contributed by atoms with Crippen molar-refractivity contribution in [2.24, 2.45) is 5.92 Å². The summed E-state index contributed by atoms with van der Waals surface area (Å²) in [7, 11) is 0. The third-order valence-electron chi connectivity index (χ3n) is 5.09. The summed E-state index contributed by atoms with van der Waals surface area (Å²) in [5.41, 5.74) is 3.43. The van der Waals surface area contributed by atoms with Gasteiger partial charge in [-0.25, -0.2) is 14.4 Å². The van der Waals surface area contributed by atoms with Gasteiger partial charge in [0.15, 0.2) is 0 Å². The Bertz CT molecular complexity index is 1020. The molecule has 0 bridgehead atoms. The lowest BCUT2D eigenvalue weighted by atomic mass is 9.95. The highest BCUT2D eigenvalue weighted by Crippen LogP contribution is 2.25. The minimum atomic E-state index is -0.274. The maximum atomic E-state index is 13.0. The molecule has 1 aliphatic heterocycles. The first-order valence-electron chi connectivity index (χ1n) is 9.88.